The molecule has 6 fully saturated rings. The van der Waals surface area contributed by atoms with Gasteiger partial charge in [0, 0.05) is 57.2 Å². The molecule has 3 aliphatic carbocycles. The zero-order valence-corrected chi connectivity index (χ0v) is 31.8. The van der Waals surface area contributed by atoms with Gasteiger partial charge in [0.25, 0.3) is 0 Å². The fourth-order valence-corrected chi connectivity index (χ4v) is 13.2. The molecular formula is C40H62N2O7S. The summed E-state index contributed by atoms with van der Waals surface area (Å²) in [4.78, 5) is 71.2. The smallest absolute Gasteiger partial charge is 0.226 e. The largest absolute Gasteiger partial charge is 0.332 e. The second-order valence-electron chi connectivity index (χ2n) is 17.7. The lowest BCUT2D eigenvalue weighted by molar-refractivity contribution is -0.146. The lowest BCUT2D eigenvalue weighted by Crippen LogP contribution is -2.49. The standard InChI is InChI=1S/C40H62N2O7S/c1-4-41-21-18-34(50(41,48)49)40(19-12-9-13-20-40)25-30(43)23-29-15-11-8-6-5-7-10-14-28(37(46)33(45)22-27-16-17-27)24-32(44)36-35-31(39(35,2)3)26-42(36)38(29)47/h27-29,31,34-36H,4-26H2,1-3H3/t28-,29-,31+,34-,35+,36-/m1/s1. The molecule has 0 N–H and O–H groups in total. The van der Waals surface area contributed by atoms with E-state index in [1.165, 1.54) is 0 Å². The number of nitrogens with zero attached hydrogens (tertiary/aromatic N) is 2. The van der Waals surface area contributed by atoms with Gasteiger partial charge in [0.05, 0.1) is 11.3 Å². The van der Waals surface area contributed by atoms with E-state index in [9.17, 15) is 32.4 Å². The van der Waals surface area contributed by atoms with Crippen molar-refractivity contribution in [2.75, 3.05) is 19.6 Å². The molecule has 0 unspecified atom stereocenters. The molecule has 0 radical (unpaired) electrons. The van der Waals surface area contributed by atoms with Crippen LogP contribution in [0.4, 0.5) is 0 Å². The molecule has 3 saturated heterocycles. The number of carbonyl (C=O) groups is 5. The molecule has 6 rings (SSSR count). The Morgan fingerprint density at radius 3 is 2.10 bits per heavy atom. The number of rotatable bonds is 10. The third-order valence-electron chi connectivity index (χ3n) is 14.1. The fourth-order valence-electron chi connectivity index (χ4n) is 10.8. The van der Waals surface area contributed by atoms with Gasteiger partial charge >= 0.3 is 0 Å². The Morgan fingerprint density at radius 1 is 0.820 bits per heavy atom. The van der Waals surface area contributed by atoms with Gasteiger partial charge in [-0.15, -0.1) is 0 Å². The van der Waals surface area contributed by atoms with Crippen molar-refractivity contribution >= 4 is 39.1 Å². The molecule has 3 saturated carbocycles. The molecule has 1 amide bonds. The van der Waals surface area contributed by atoms with E-state index in [1.807, 2.05) is 6.92 Å². The molecule has 10 heteroatoms. The van der Waals surface area contributed by atoms with Crippen molar-refractivity contribution in [3.8, 4) is 0 Å². The molecular weight excluding hydrogens is 653 g/mol. The Hall–Kier alpha value is -1.94. The topological polar surface area (TPSA) is 126 Å². The van der Waals surface area contributed by atoms with Gasteiger partial charge in [0.1, 0.15) is 5.78 Å². The highest BCUT2D eigenvalue weighted by molar-refractivity contribution is 7.90. The molecule has 0 aromatic heterocycles. The highest BCUT2D eigenvalue weighted by Crippen LogP contribution is 2.65. The van der Waals surface area contributed by atoms with E-state index in [4.69, 9.17) is 0 Å². The first-order valence-electron chi connectivity index (χ1n) is 20.2. The molecule has 0 aromatic rings. The van der Waals surface area contributed by atoms with Crippen molar-refractivity contribution in [3.63, 3.8) is 0 Å². The second-order valence-corrected chi connectivity index (χ2v) is 19.9. The SMILES string of the molecule is CCN1CC[C@H](C2(CC(=O)C[C@H]3CCCCCCCC[C@@H](C(=O)C(=O)CC4CC4)CC(=O)[C@@H]4[C@@H]5[C@H](CN4C3=O)C5(C)C)CCCCC2)S1(=O)=O. The number of fused-ring (bicyclic) bond motifs is 3. The van der Waals surface area contributed by atoms with Crippen LogP contribution in [-0.4, -0.2) is 77.6 Å². The van der Waals surface area contributed by atoms with Gasteiger partial charge in [-0.25, -0.2) is 12.7 Å². The van der Waals surface area contributed by atoms with Crippen LogP contribution in [0.1, 0.15) is 149 Å². The number of hydrogen-bond donors (Lipinski definition) is 0. The van der Waals surface area contributed by atoms with Gasteiger partial charge in [-0.05, 0) is 73.5 Å². The predicted octanol–water partition coefficient (Wildman–Crippen LogP) is 6.46. The van der Waals surface area contributed by atoms with Crippen molar-refractivity contribution in [1.82, 2.24) is 9.21 Å². The molecule has 9 nitrogen and oxygen atoms in total. The highest BCUT2D eigenvalue weighted by atomic mass is 32.2. The van der Waals surface area contributed by atoms with Gasteiger partial charge in [-0.1, -0.05) is 78.6 Å². The summed E-state index contributed by atoms with van der Waals surface area (Å²) in [5, 5.41) is -0.551. The van der Waals surface area contributed by atoms with Crippen LogP contribution in [0, 0.1) is 40.4 Å². The van der Waals surface area contributed by atoms with Crippen LogP contribution in [0.2, 0.25) is 0 Å². The van der Waals surface area contributed by atoms with Gasteiger partial charge < -0.3 is 4.90 Å². The number of sulfonamides is 1. The molecule has 0 bridgehead atoms. The van der Waals surface area contributed by atoms with E-state index in [0.717, 1.165) is 83.5 Å². The summed E-state index contributed by atoms with van der Waals surface area (Å²) in [6, 6.07) is -0.632. The van der Waals surface area contributed by atoms with E-state index >= 15 is 0 Å². The van der Waals surface area contributed by atoms with Crippen molar-refractivity contribution in [1.29, 1.82) is 0 Å². The second kappa shape index (κ2) is 15.2. The first kappa shape index (κ1) is 37.8. The monoisotopic (exact) mass is 714 g/mol. The summed E-state index contributed by atoms with van der Waals surface area (Å²) in [7, 11) is -3.49. The average molecular weight is 715 g/mol. The van der Waals surface area contributed by atoms with E-state index in [1.54, 1.807) is 9.21 Å². The molecule has 3 heterocycles. The molecule has 0 aromatic carbocycles. The summed E-state index contributed by atoms with van der Waals surface area (Å²) < 4.78 is 28.8. The van der Waals surface area contributed by atoms with Crippen LogP contribution >= 0.6 is 0 Å². The molecule has 3 aliphatic heterocycles. The van der Waals surface area contributed by atoms with Gasteiger partial charge in [-0.2, -0.15) is 0 Å². The number of amides is 1. The number of hydrogen-bond acceptors (Lipinski definition) is 7. The number of ketones is 4. The van der Waals surface area contributed by atoms with Crippen molar-refractivity contribution in [2.24, 2.45) is 40.4 Å². The number of piperidine rings is 1. The van der Waals surface area contributed by atoms with E-state index in [2.05, 4.69) is 13.8 Å². The zero-order chi connectivity index (χ0) is 35.8. The van der Waals surface area contributed by atoms with Crippen LogP contribution in [-0.2, 0) is 34.0 Å². The summed E-state index contributed by atoms with van der Waals surface area (Å²) in [6.07, 6.45) is 14.0. The normalized spacial score (nSPS) is 34.7. The third kappa shape index (κ3) is 7.72. The quantitative estimate of drug-likeness (QED) is 0.238. The molecule has 0 spiro atoms. The summed E-state index contributed by atoms with van der Waals surface area (Å²) in [5.41, 5.74) is -0.670. The minimum Gasteiger partial charge on any atom is -0.332 e. The maximum atomic E-state index is 14.6. The zero-order valence-electron chi connectivity index (χ0n) is 31.0. The molecule has 280 valence electrons. The van der Waals surface area contributed by atoms with Gasteiger partial charge in [0.15, 0.2) is 11.6 Å². The van der Waals surface area contributed by atoms with Gasteiger partial charge in [0.2, 0.25) is 21.7 Å². The fraction of sp³-hybridized carbons (Fsp3) is 0.875. The summed E-state index contributed by atoms with van der Waals surface area (Å²) >= 11 is 0. The lowest BCUT2D eigenvalue weighted by atomic mass is 9.67. The van der Waals surface area contributed by atoms with Crippen LogP contribution in [0.25, 0.3) is 0 Å². The predicted molar refractivity (Wildman–Crippen MR) is 191 cm³/mol. The van der Waals surface area contributed by atoms with Crippen molar-refractivity contribution in [3.05, 3.63) is 0 Å². The first-order valence-corrected chi connectivity index (χ1v) is 21.7. The Balaban J connectivity index is 1.22. The Kier molecular flexibility index (Phi) is 11.5. The highest BCUT2D eigenvalue weighted by Gasteiger charge is 2.69. The summed E-state index contributed by atoms with van der Waals surface area (Å²) in [5.74, 6) is -1.66. The first-order chi connectivity index (χ1) is 23.8. The Morgan fingerprint density at radius 2 is 1.46 bits per heavy atom. The minimum atomic E-state index is -3.49. The average Bonchev–Trinajstić information content (AvgIpc) is 3.87. The molecule has 6 aliphatic rings. The van der Waals surface area contributed by atoms with Crippen LogP contribution in [0.3, 0.4) is 0 Å². The maximum absolute atomic E-state index is 14.6. The van der Waals surface area contributed by atoms with Gasteiger partial charge in [-0.3, -0.25) is 24.0 Å². The van der Waals surface area contributed by atoms with E-state index < -0.39 is 44.3 Å². The lowest BCUT2D eigenvalue weighted by Gasteiger charge is -2.41. The van der Waals surface area contributed by atoms with Crippen molar-refractivity contribution < 1.29 is 32.4 Å². The Labute approximate surface area is 300 Å². The minimum absolute atomic E-state index is 0.000254. The van der Waals surface area contributed by atoms with E-state index in [0.29, 0.717) is 44.8 Å². The van der Waals surface area contributed by atoms with Crippen LogP contribution in [0.5, 0.6) is 0 Å². The Bertz CT molecular complexity index is 1430. The van der Waals surface area contributed by atoms with Crippen molar-refractivity contribution in [2.45, 2.75) is 160 Å². The number of carbonyl (C=O) groups excluding carboxylic acids is 5. The summed E-state index contributed by atoms with van der Waals surface area (Å²) in [6.45, 7) is 7.60. The van der Waals surface area contributed by atoms with Crippen LogP contribution < -0.4 is 0 Å². The number of Topliss-reactive ketones (excluding diaryl/α,β-unsaturated/α-hetero) is 4. The third-order valence-corrected chi connectivity index (χ3v) is 16.7. The molecule has 6 atom stereocenters. The van der Waals surface area contributed by atoms with Crippen LogP contribution in [0.15, 0.2) is 0 Å². The van der Waals surface area contributed by atoms with E-state index in [-0.39, 0.29) is 66.2 Å². The maximum Gasteiger partial charge on any atom is 0.226 e. The molecule has 50 heavy (non-hydrogen) atoms.